The van der Waals surface area contributed by atoms with Gasteiger partial charge in [0.15, 0.2) is 0 Å². The van der Waals surface area contributed by atoms with Gasteiger partial charge in [0.1, 0.15) is 0 Å². The van der Waals surface area contributed by atoms with Crippen molar-refractivity contribution < 1.29 is 48.7 Å². The molecular formula is HNaO4SiSr. The molecule has 0 aromatic carbocycles. The summed E-state index contributed by atoms with van der Waals surface area (Å²) in [5.74, 6) is 0. The molecule has 0 aromatic heterocycles. The van der Waals surface area contributed by atoms with Gasteiger partial charge in [-0.2, -0.15) is 0 Å². The second-order valence-electron chi connectivity index (χ2n) is 0.524. The molecule has 1 N–H and O–H groups in total. The molecule has 0 bridgehead atoms. The first kappa shape index (κ1) is 16.3. The van der Waals surface area contributed by atoms with Crippen molar-refractivity contribution in [3.63, 3.8) is 0 Å². The minimum absolute atomic E-state index is 0. The quantitative estimate of drug-likeness (QED) is 0.396. The minimum atomic E-state index is -5.36. The van der Waals surface area contributed by atoms with Gasteiger partial charge >= 0.3 is 75.0 Å². The monoisotopic (exact) mass is 204 g/mol. The molecule has 0 atom stereocenters. The predicted octanol–water partition coefficient (Wildman–Crippen LogP) is -7.88. The molecule has 0 rings (SSSR count). The second-order valence-corrected chi connectivity index (χ2v) is 1.57. The van der Waals surface area contributed by atoms with Gasteiger partial charge in [-0.3, -0.25) is 0 Å². The Balaban J connectivity index is -0.0000000800. The normalized spacial score (nSPS) is 8.57. The van der Waals surface area contributed by atoms with Crippen molar-refractivity contribution in [3.05, 3.63) is 0 Å². The average Bonchev–Trinajstić information content (AvgIpc) is 0.722. The molecule has 0 spiro atoms. The van der Waals surface area contributed by atoms with E-state index >= 15 is 0 Å². The Bertz CT molecular complexity index is 27.2. The van der Waals surface area contributed by atoms with E-state index < -0.39 is 9.05 Å². The Kier molecular flexibility index (Phi) is 15.5. The number of hydrogen-bond acceptors (Lipinski definition) is 4. The first-order valence-electron chi connectivity index (χ1n) is 0.836. The second kappa shape index (κ2) is 6.65. The molecule has 0 aliphatic rings. The van der Waals surface area contributed by atoms with E-state index in [4.69, 9.17) is 19.2 Å². The third kappa shape index (κ3) is 56.7. The maximum absolute atomic E-state index is 8.69. The number of hydrogen-bond donors (Lipinski definition) is 1. The number of rotatable bonds is 0. The predicted molar refractivity (Wildman–Crippen MR) is 13.7 cm³/mol. The standard InChI is InChI=1S/Na.HO4Si.Sr/c;1-5(2,3)4;/h;1H;/q+1;-3;+2. The summed E-state index contributed by atoms with van der Waals surface area (Å²) in [4.78, 5) is 33.1. The van der Waals surface area contributed by atoms with Crippen molar-refractivity contribution in [2.75, 3.05) is 0 Å². The van der Waals surface area contributed by atoms with Crippen LogP contribution in [0.2, 0.25) is 0 Å². The van der Waals surface area contributed by atoms with Crippen molar-refractivity contribution in [1.82, 2.24) is 0 Å². The molecule has 0 saturated carbocycles. The Labute approximate surface area is 101 Å². The van der Waals surface area contributed by atoms with Crippen LogP contribution in [0.4, 0.5) is 0 Å². The molecule has 0 aromatic rings. The van der Waals surface area contributed by atoms with Crippen LogP contribution in [0, 0.1) is 0 Å². The van der Waals surface area contributed by atoms with E-state index in [9.17, 15) is 0 Å². The first-order valence-corrected chi connectivity index (χ1v) is 2.51. The third-order valence-corrected chi connectivity index (χ3v) is 0. The van der Waals surface area contributed by atoms with Gasteiger partial charge in [0.2, 0.25) is 0 Å². The zero-order valence-corrected chi connectivity index (χ0v) is 10.4. The molecule has 0 heterocycles. The Hall–Kier alpha value is 2.54. The summed E-state index contributed by atoms with van der Waals surface area (Å²) < 4.78 is 0. The van der Waals surface area contributed by atoms with Crippen LogP contribution >= 0.6 is 0 Å². The summed E-state index contributed by atoms with van der Waals surface area (Å²) in [6.45, 7) is 0. The molecule has 7 heavy (non-hydrogen) atoms. The zero-order chi connectivity index (χ0) is 4.50. The van der Waals surface area contributed by atoms with E-state index in [1.807, 2.05) is 0 Å². The summed E-state index contributed by atoms with van der Waals surface area (Å²) in [5.41, 5.74) is 0. The van der Waals surface area contributed by atoms with E-state index in [1.54, 1.807) is 0 Å². The van der Waals surface area contributed by atoms with Crippen LogP contribution in [0.15, 0.2) is 0 Å². The van der Waals surface area contributed by atoms with Gasteiger partial charge in [-0.1, -0.05) is 0 Å². The minimum Gasteiger partial charge on any atom is -0.861 e. The van der Waals surface area contributed by atoms with Gasteiger partial charge in [0, 0.05) is 0 Å². The van der Waals surface area contributed by atoms with Crippen LogP contribution in [0.5, 0.6) is 0 Å². The van der Waals surface area contributed by atoms with Crippen LogP contribution in [-0.4, -0.2) is 59.3 Å². The largest absolute Gasteiger partial charge is 2.00 e. The Morgan fingerprint density at radius 3 is 1.14 bits per heavy atom. The molecular weight excluding hydrogens is 203 g/mol. The summed E-state index contributed by atoms with van der Waals surface area (Å²) in [6.07, 6.45) is 0. The van der Waals surface area contributed by atoms with Crippen molar-refractivity contribution in [3.8, 4) is 0 Å². The van der Waals surface area contributed by atoms with E-state index in [1.165, 1.54) is 0 Å². The molecule has 0 radical (unpaired) electrons. The fraction of sp³-hybridized carbons (Fsp3) is 0. The molecule has 0 amide bonds. The Morgan fingerprint density at radius 1 is 1.14 bits per heavy atom. The molecule has 32 valence electrons. The van der Waals surface area contributed by atoms with Crippen molar-refractivity contribution in [2.24, 2.45) is 0 Å². The maximum atomic E-state index is 8.69. The van der Waals surface area contributed by atoms with E-state index in [-0.39, 0.29) is 75.0 Å². The zero-order valence-electron chi connectivity index (χ0n) is 3.88. The van der Waals surface area contributed by atoms with Gasteiger partial charge in [0.05, 0.1) is 0 Å². The molecule has 0 aliphatic carbocycles. The topological polar surface area (TPSA) is 89.4 Å². The van der Waals surface area contributed by atoms with Crippen LogP contribution in [0.1, 0.15) is 0 Å². The SMILES string of the molecule is [Na+].[O-][Si]([O-])([O-])O.[Sr+2]. The fourth-order valence-corrected chi connectivity index (χ4v) is 0. The van der Waals surface area contributed by atoms with Gasteiger partial charge in [-0.05, 0) is 0 Å². The molecule has 0 unspecified atom stereocenters. The Morgan fingerprint density at radius 2 is 1.14 bits per heavy atom. The van der Waals surface area contributed by atoms with E-state index in [2.05, 4.69) is 0 Å². The van der Waals surface area contributed by atoms with Crippen LogP contribution in [0.25, 0.3) is 0 Å². The smallest absolute Gasteiger partial charge is 0.861 e. The molecule has 0 aliphatic heterocycles. The van der Waals surface area contributed by atoms with Crippen LogP contribution in [-0.2, 0) is 0 Å². The summed E-state index contributed by atoms with van der Waals surface area (Å²) in [7, 11) is -5.36. The molecule has 7 heteroatoms. The summed E-state index contributed by atoms with van der Waals surface area (Å²) >= 11 is 0. The average molecular weight is 204 g/mol. The van der Waals surface area contributed by atoms with Gasteiger partial charge in [-0.25, -0.2) is 0 Å². The van der Waals surface area contributed by atoms with Crippen molar-refractivity contribution in [2.45, 2.75) is 0 Å². The maximum Gasteiger partial charge on any atom is 2.00 e. The van der Waals surface area contributed by atoms with E-state index in [0.717, 1.165) is 0 Å². The van der Waals surface area contributed by atoms with Crippen LogP contribution in [0.3, 0.4) is 0 Å². The van der Waals surface area contributed by atoms with Crippen molar-refractivity contribution >= 4 is 54.5 Å². The third-order valence-electron chi connectivity index (χ3n) is 0. The summed E-state index contributed by atoms with van der Waals surface area (Å²) in [5, 5.41) is 0. The molecule has 0 fully saturated rings. The summed E-state index contributed by atoms with van der Waals surface area (Å²) in [6, 6.07) is 0. The molecule has 0 saturated heterocycles. The molecule has 4 nitrogen and oxygen atoms in total. The van der Waals surface area contributed by atoms with Crippen molar-refractivity contribution in [1.29, 1.82) is 0 Å². The fourth-order valence-electron chi connectivity index (χ4n) is 0. The van der Waals surface area contributed by atoms with E-state index in [0.29, 0.717) is 0 Å². The van der Waals surface area contributed by atoms with Gasteiger partial charge in [0.25, 0.3) is 0 Å². The van der Waals surface area contributed by atoms with Gasteiger partial charge in [-0.15, -0.1) is 9.05 Å². The van der Waals surface area contributed by atoms with Crippen LogP contribution < -0.4 is 43.9 Å². The first-order chi connectivity index (χ1) is 2.00. The van der Waals surface area contributed by atoms with Gasteiger partial charge < -0.3 is 19.2 Å².